The van der Waals surface area contributed by atoms with Gasteiger partial charge in [-0.3, -0.25) is 0 Å². The molecule has 10 heteroatoms. The van der Waals surface area contributed by atoms with Crippen molar-refractivity contribution < 1.29 is 23.4 Å². The van der Waals surface area contributed by atoms with Gasteiger partial charge in [0.05, 0.1) is 10.9 Å². The minimum atomic E-state index is -4.01. The number of carbonyl (C=O) groups is 1. The molecule has 0 saturated carbocycles. The number of benzene rings is 1. The third-order valence-corrected chi connectivity index (χ3v) is 4.92. The van der Waals surface area contributed by atoms with Gasteiger partial charge in [0.15, 0.2) is 5.82 Å². The molecule has 0 fully saturated rings. The first-order valence-corrected chi connectivity index (χ1v) is 8.60. The van der Waals surface area contributed by atoms with E-state index in [1.54, 1.807) is 11.5 Å². The van der Waals surface area contributed by atoms with E-state index in [4.69, 9.17) is 5.11 Å². The molecule has 0 aliphatic heterocycles. The van der Waals surface area contributed by atoms with Crippen LogP contribution in [-0.2, 0) is 10.0 Å². The number of rotatable bonds is 6. The van der Waals surface area contributed by atoms with Gasteiger partial charge in [0.1, 0.15) is 17.6 Å². The van der Waals surface area contributed by atoms with E-state index >= 15 is 0 Å². The lowest BCUT2D eigenvalue weighted by molar-refractivity contribution is 0.0693. The summed E-state index contributed by atoms with van der Waals surface area (Å²) in [4.78, 5) is 10.8. The number of hydrogen-bond donors (Lipinski definition) is 3. The lowest BCUT2D eigenvalue weighted by Gasteiger charge is -2.17. The highest BCUT2D eigenvalue weighted by atomic mass is 32.2. The monoisotopic (exact) mass is 354 g/mol. The number of carboxylic acids is 1. The molecule has 130 valence electrons. The molecule has 0 aliphatic carbocycles. The summed E-state index contributed by atoms with van der Waals surface area (Å²) in [7, 11) is -4.01. The summed E-state index contributed by atoms with van der Waals surface area (Å²) in [6.07, 6.45) is 1.51. The molecule has 1 heterocycles. The van der Waals surface area contributed by atoms with Crippen LogP contribution in [0.3, 0.4) is 0 Å². The van der Waals surface area contributed by atoms with E-state index < -0.39 is 33.3 Å². The molecule has 0 saturated heterocycles. The van der Waals surface area contributed by atoms with E-state index in [1.165, 1.54) is 6.33 Å². The van der Waals surface area contributed by atoms with Gasteiger partial charge in [-0.2, -0.15) is 0 Å². The zero-order valence-corrected chi connectivity index (χ0v) is 14.1. The SMILES string of the molecule is CC(NS(=O)(=O)c1ccc(O)c(C(=O)O)c1)c1nncn1C(C)C. The number of aromatic nitrogens is 3. The summed E-state index contributed by atoms with van der Waals surface area (Å²) < 4.78 is 29.1. The highest BCUT2D eigenvalue weighted by Crippen LogP contribution is 2.23. The van der Waals surface area contributed by atoms with Crippen molar-refractivity contribution >= 4 is 16.0 Å². The Kier molecular flexibility index (Phi) is 4.90. The van der Waals surface area contributed by atoms with Crippen LogP contribution in [-0.4, -0.2) is 39.4 Å². The molecule has 0 radical (unpaired) electrons. The van der Waals surface area contributed by atoms with E-state index in [9.17, 15) is 18.3 Å². The standard InChI is InChI=1S/C14H18N4O5S/c1-8(2)18-7-15-16-13(18)9(3)17-24(22,23)10-4-5-12(19)11(6-10)14(20)21/h4-9,17,19H,1-3H3,(H,20,21). The Bertz CT molecular complexity index is 860. The first-order chi connectivity index (χ1) is 11.1. The Morgan fingerprint density at radius 1 is 1.29 bits per heavy atom. The predicted octanol–water partition coefficient (Wildman–Crippen LogP) is 1.30. The summed E-state index contributed by atoms with van der Waals surface area (Å²) in [5, 5.41) is 26.2. The number of aromatic hydroxyl groups is 1. The summed E-state index contributed by atoms with van der Waals surface area (Å²) in [5.41, 5.74) is -0.490. The van der Waals surface area contributed by atoms with Crippen LogP contribution >= 0.6 is 0 Å². The first-order valence-electron chi connectivity index (χ1n) is 7.11. The van der Waals surface area contributed by atoms with E-state index in [-0.39, 0.29) is 10.9 Å². The van der Waals surface area contributed by atoms with E-state index in [0.717, 1.165) is 18.2 Å². The summed E-state index contributed by atoms with van der Waals surface area (Å²) in [6.45, 7) is 5.43. The number of sulfonamides is 1. The molecule has 2 rings (SSSR count). The van der Waals surface area contributed by atoms with Crippen LogP contribution in [0.5, 0.6) is 5.75 Å². The number of hydrogen-bond acceptors (Lipinski definition) is 6. The van der Waals surface area contributed by atoms with Gasteiger partial charge >= 0.3 is 5.97 Å². The van der Waals surface area contributed by atoms with Crippen LogP contribution < -0.4 is 4.72 Å². The van der Waals surface area contributed by atoms with Crippen LogP contribution in [0.15, 0.2) is 29.4 Å². The molecule has 1 unspecified atom stereocenters. The second-order valence-corrected chi connectivity index (χ2v) is 7.23. The topological polar surface area (TPSA) is 134 Å². The summed E-state index contributed by atoms with van der Waals surface area (Å²) >= 11 is 0. The maximum atomic E-state index is 12.5. The number of nitrogens with zero attached hydrogens (tertiary/aromatic N) is 3. The van der Waals surface area contributed by atoms with Crippen molar-refractivity contribution in [2.24, 2.45) is 0 Å². The summed E-state index contributed by atoms with van der Waals surface area (Å²) in [5.74, 6) is -1.49. The largest absolute Gasteiger partial charge is 0.507 e. The van der Waals surface area contributed by atoms with Crippen LogP contribution in [0.2, 0.25) is 0 Å². The first kappa shape index (κ1) is 17.9. The van der Waals surface area contributed by atoms with Gasteiger partial charge in [-0.05, 0) is 39.0 Å². The van der Waals surface area contributed by atoms with Crippen molar-refractivity contribution in [2.45, 2.75) is 37.8 Å². The zero-order valence-electron chi connectivity index (χ0n) is 13.3. The fraction of sp³-hybridized carbons (Fsp3) is 0.357. The van der Waals surface area contributed by atoms with Crippen molar-refractivity contribution in [1.82, 2.24) is 19.5 Å². The molecule has 1 aromatic heterocycles. The van der Waals surface area contributed by atoms with Crippen LogP contribution in [0, 0.1) is 0 Å². The van der Waals surface area contributed by atoms with E-state index in [0.29, 0.717) is 5.82 Å². The molecule has 1 aromatic carbocycles. The molecule has 0 aliphatic rings. The van der Waals surface area contributed by atoms with Crippen LogP contribution in [0.4, 0.5) is 0 Å². The van der Waals surface area contributed by atoms with Gasteiger partial charge in [0.2, 0.25) is 10.0 Å². The van der Waals surface area contributed by atoms with Crippen molar-refractivity contribution in [3.8, 4) is 5.75 Å². The quantitative estimate of drug-likeness (QED) is 0.711. The highest BCUT2D eigenvalue weighted by molar-refractivity contribution is 7.89. The smallest absolute Gasteiger partial charge is 0.339 e. The van der Waals surface area contributed by atoms with Gasteiger partial charge < -0.3 is 14.8 Å². The molecule has 3 N–H and O–H groups in total. The maximum Gasteiger partial charge on any atom is 0.339 e. The van der Waals surface area contributed by atoms with Gasteiger partial charge in [-0.1, -0.05) is 0 Å². The third kappa shape index (κ3) is 3.54. The number of phenols is 1. The average molecular weight is 354 g/mol. The normalized spacial score (nSPS) is 13.2. The second kappa shape index (κ2) is 6.57. The van der Waals surface area contributed by atoms with Gasteiger partial charge in [0, 0.05) is 6.04 Å². The second-order valence-electron chi connectivity index (χ2n) is 5.52. The predicted molar refractivity (Wildman–Crippen MR) is 84.2 cm³/mol. The summed E-state index contributed by atoms with van der Waals surface area (Å²) in [6, 6.07) is 2.43. The van der Waals surface area contributed by atoms with Crippen molar-refractivity contribution in [1.29, 1.82) is 0 Å². The maximum absolute atomic E-state index is 12.5. The number of aromatic carboxylic acids is 1. The highest BCUT2D eigenvalue weighted by Gasteiger charge is 2.24. The van der Waals surface area contributed by atoms with Crippen LogP contribution in [0.1, 0.15) is 49.0 Å². The molecule has 9 nitrogen and oxygen atoms in total. The fourth-order valence-electron chi connectivity index (χ4n) is 2.17. The Hall–Kier alpha value is -2.46. The van der Waals surface area contributed by atoms with Crippen molar-refractivity contribution in [3.05, 3.63) is 35.9 Å². The van der Waals surface area contributed by atoms with Crippen molar-refractivity contribution in [3.63, 3.8) is 0 Å². The third-order valence-electron chi connectivity index (χ3n) is 3.39. The molecule has 1 atom stereocenters. The minimum absolute atomic E-state index is 0.0502. The molecule has 0 spiro atoms. The lowest BCUT2D eigenvalue weighted by atomic mass is 10.2. The van der Waals surface area contributed by atoms with E-state index in [1.807, 2.05) is 13.8 Å². The lowest BCUT2D eigenvalue weighted by Crippen LogP contribution is -2.29. The average Bonchev–Trinajstić information content (AvgIpc) is 2.96. The van der Waals surface area contributed by atoms with E-state index in [2.05, 4.69) is 14.9 Å². The number of nitrogens with one attached hydrogen (secondary N) is 1. The van der Waals surface area contributed by atoms with Crippen LogP contribution in [0.25, 0.3) is 0 Å². The van der Waals surface area contributed by atoms with Gasteiger partial charge in [-0.15, -0.1) is 10.2 Å². The molecule has 0 amide bonds. The molecule has 2 aromatic rings. The Labute approximate surface area is 139 Å². The number of carboxylic acid groups (broad SMARTS) is 1. The molecular weight excluding hydrogens is 336 g/mol. The zero-order chi connectivity index (χ0) is 18.1. The van der Waals surface area contributed by atoms with Gasteiger partial charge in [0.25, 0.3) is 0 Å². The Balaban J connectivity index is 2.33. The molecular formula is C14H18N4O5S. The molecule has 0 bridgehead atoms. The fourth-order valence-corrected chi connectivity index (χ4v) is 3.39. The van der Waals surface area contributed by atoms with Gasteiger partial charge in [-0.25, -0.2) is 17.9 Å². The Morgan fingerprint density at radius 2 is 1.96 bits per heavy atom. The molecule has 24 heavy (non-hydrogen) atoms. The van der Waals surface area contributed by atoms with Crippen molar-refractivity contribution in [2.75, 3.05) is 0 Å². The minimum Gasteiger partial charge on any atom is -0.507 e. The Morgan fingerprint density at radius 3 is 2.54 bits per heavy atom.